The highest BCUT2D eigenvalue weighted by Crippen LogP contribution is 2.36. The van der Waals surface area contributed by atoms with E-state index in [-0.39, 0.29) is 11.3 Å². The van der Waals surface area contributed by atoms with Crippen molar-refractivity contribution in [2.75, 3.05) is 26.2 Å². The first-order valence-electron chi connectivity index (χ1n) is 9.41. The van der Waals surface area contributed by atoms with Gasteiger partial charge in [0.2, 0.25) is 0 Å². The lowest BCUT2D eigenvalue weighted by Crippen LogP contribution is -2.47. The van der Waals surface area contributed by atoms with Gasteiger partial charge in [-0.05, 0) is 50.4 Å². The van der Waals surface area contributed by atoms with Crippen LogP contribution in [0.5, 0.6) is 0 Å². The molecule has 7 heteroatoms. The van der Waals surface area contributed by atoms with Crippen LogP contribution in [-0.2, 0) is 0 Å². The van der Waals surface area contributed by atoms with Gasteiger partial charge in [0.1, 0.15) is 0 Å². The van der Waals surface area contributed by atoms with E-state index in [0.29, 0.717) is 22.4 Å². The molecule has 1 spiro atoms. The molecule has 0 saturated carbocycles. The van der Waals surface area contributed by atoms with Crippen LogP contribution in [0.2, 0.25) is 0 Å². The third-order valence-corrected chi connectivity index (χ3v) is 5.81. The van der Waals surface area contributed by atoms with Crippen LogP contribution in [0.1, 0.15) is 35.3 Å². The van der Waals surface area contributed by atoms with Crippen LogP contribution in [0.15, 0.2) is 33.9 Å². The summed E-state index contributed by atoms with van der Waals surface area (Å²) in [5, 5.41) is 3.42. The van der Waals surface area contributed by atoms with E-state index in [1.165, 1.54) is 0 Å². The molecule has 2 aromatic rings. The molecular weight excluding hydrogens is 344 g/mol. The molecule has 2 aliphatic rings. The highest BCUT2D eigenvalue weighted by atomic mass is 16.2. The van der Waals surface area contributed by atoms with Crippen LogP contribution in [-0.4, -0.2) is 47.0 Å². The van der Waals surface area contributed by atoms with Crippen molar-refractivity contribution < 1.29 is 4.79 Å². The molecule has 7 nitrogen and oxygen atoms in total. The number of nitrogens with zero attached hydrogens (tertiary/aromatic N) is 1. The van der Waals surface area contributed by atoms with Crippen molar-refractivity contribution in [2.45, 2.75) is 26.2 Å². The number of piperidine rings is 1. The molecule has 4 rings (SSSR count). The maximum Gasteiger partial charge on any atom is 0.325 e. The minimum Gasteiger partial charge on any atom is -0.338 e. The molecule has 2 fully saturated rings. The summed E-state index contributed by atoms with van der Waals surface area (Å²) in [6.45, 7) is 5.22. The smallest absolute Gasteiger partial charge is 0.325 e. The Morgan fingerprint density at radius 1 is 1.19 bits per heavy atom. The molecule has 0 aliphatic carbocycles. The number of aromatic nitrogens is 2. The van der Waals surface area contributed by atoms with Crippen LogP contribution >= 0.6 is 0 Å². The van der Waals surface area contributed by atoms with E-state index in [1.54, 1.807) is 31.2 Å². The van der Waals surface area contributed by atoms with Gasteiger partial charge in [-0.3, -0.25) is 14.6 Å². The molecule has 0 radical (unpaired) electrons. The first-order chi connectivity index (χ1) is 13.0. The van der Waals surface area contributed by atoms with E-state index < -0.39 is 11.2 Å². The van der Waals surface area contributed by atoms with E-state index in [2.05, 4.69) is 15.3 Å². The number of nitrogens with one attached hydrogen (secondary N) is 3. The highest BCUT2D eigenvalue weighted by molar-refractivity contribution is 5.95. The largest absolute Gasteiger partial charge is 0.338 e. The van der Waals surface area contributed by atoms with Crippen molar-refractivity contribution in [3.63, 3.8) is 0 Å². The first kappa shape index (κ1) is 17.7. The van der Waals surface area contributed by atoms with Crippen molar-refractivity contribution in [1.82, 2.24) is 20.2 Å². The Morgan fingerprint density at radius 3 is 2.78 bits per heavy atom. The Labute approximate surface area is 156 Å². The molecule has 3 heterocycles. The molecule has 27 heavy (non-hydrogen) atoms. The summed E-state index contributed by atoms with van der Waals surface area (Å²) in [5.74, 6) is 0.00123. The van der Waals surface area contributed by atoms with Crippen LogP contribution in [0.25, 0.3) is 11.1 Å². The number of carbonyl (C=O) groups excluding carboxylic acids is 1. The van der Waals surface area contributed by atoms with E-state index in [4.69, 9.17) is 0 Å². The third kappa shape index (κ3) is 3.35. The summed E-state index contributed by atoms with van der Waals surface area (Å²) in [5.41, 5.74) is 1.30. The second-order valence-electron chi connectivity index (χ2n) is 7.75. The number of carbonyl (C=O) groups is 1. The van der Waals surface area contributed by atoms with Gasteiger partial charge in [0.05, 0.1) is 5.56 Å². The van der Waals surface area contributed by atoms with Gasteiger partial charge in [0, 0.05) is 36.3 Å². The number of H-pyrrole nitrogens is 2. The monoisotopic (exact) mass is 368 g/mol. The molecule has 2 aliphatic heterocycles. The molecule has 2 saturated heterocycles. The summed E-state index contributed by atoms with van der Waals surface area (Å²) >= 11 is 0. The highest BCUT2D eigenvalue weighted by Gasteiger charge is 2.39. The van der Waals surface area contributed by atoms with Crippen molar-refractivity contribution in [1.29, 1.82) is 0 Å². The number of amides is 1. The second-order valence-corrected chi connectivity index (χ2v) is 7.75. The number of likely N-dealkylation sites (tertiary alicyclic amines) is 1. The minimum atomic E-state index is -0.530. The number of aromatic amines is 2. The zero-order valence-electron chi connectivity index (χ0n) is 15.4. The van der Waals surface area contributed by atoms with Gasteiger partial charge < -0.3 is 15.2 Å². The third-order valence-electron chi connectivity index (χ3n) is 5.81. The lowest BCUT2D eigenvalue weighted by molar-refractivity contribution is 0.0553. The quantitative estimate of drug-likeness (QED) is 0.743. The molecule has 142 valence electrons. The van der Waals surface area contributed by atoms with Gasteiger partial charge in [-0.1, -0.05) is 12.1 Å². The molecule has 1 atom stereocenters. The molecule has 1 unspecified atom stereocenters. The van der Waals surface area contributed by atoms with Gasteiger partial charge in [-0.25, -0.2) is 4.79 Å². The Kier molecular flexibility index (Phi) is 4.47. The summed E-state index contributed by atoms with van der Waals surface area (Å²) in [6, 6.07) is 7.09. The molecule has 0 bridgehead atoms. The molecule has 1 aromatic heterocycles. The van der Waals surface area contributed by atoms with E-state index in [0.717, 1.165) is 45.4 Å². The zero-order valence-corrected chi connectivity index (χ0v) is 15.4. The van der Waals surface area contributed by atoms with Crippen LogP contribution in [0.4, 0.5) is 0 Å². The van der Waals surface area contributed by atoms with Crippen molar-refractivity contribution >= 4 is 5.91 Å². The van der Waals surface area contributed by atoms with Gasteiger partial charge in [-0.2, -0.15) is 0 Å². The predicted molar refractivity (Wildman–Crippen MR) is 103 cm³/mol. The van der Waals surface area contributed by atoms with Gasteiger partial charge >= 0.3 is 5.69 Å². The van der Waals surface area contributed by atoms with E-state index in [1.807, 2.05) is 4.90 Å². The normalized spacial score (nSPS) is 22.3. The van der Waals surface area contributed by atoms with Gasteiger partial charge in [0.25, 0.3) is 11.5 Å². The van der Waals surface area contributed by atoms with Crippen molar-refractivity contribution in [3.8, 4) is 11.1 Å². The summed E-state index contributed by atoms with van der Waals surface area (Å²) in [4.78, 5) is 43.6. The fourth-order valence-electron chi connectivity index (χ4n) is 4.46. The fraction of sp³-hybridized carbons (Fsp3) is 0.450. The topological polar surface area (TPSA) is 98.1 Å². The van der Waals surface area contributed by atoms with Crippen molar-refractivity contribution in [2.24, 2.45) is 5.41 Å². The Bertz CT molecular complexity index is 985. The number of rotatable bonds is 2. The van der Waals surface area contributed by atoms with E-state index in [9.17, 15) is 14.4 Å². The summed E-state index contributed by atoms with van der Waals surface area (Å²) in [7, 11) is 0. The van der Waals surface area contributed by atoms with Gasteiger partial charge in [-0.15, -0.1) is 0 Å². The Balaban J connectivity index is 1.64. The molecular formula is C20H24N4O3. The summed E-state index contributed by atoms with van der Waals surface area (Å²) in [6.07, 6.45) is 3.30. The molecule has 3 N–H and O–H groups in total. The van der Waals surface area contributed by atoms with Gasteiger partial charge in [0.15, 0.2) is 0 Å². The predicted octanol–water partition coefficient (Wildman–Crippen LogP) is 1.25. The minimum absolute atomic E-state index is 0.00123. The van der Waals surface area contributed by atoms with Crippen LogP contribution in [0, 0.1) is 12.3 Å². The Hall–Kier alpha value is -2.67. The first-order valence-corrected chi connectivity index (χ1v) is 9.41. The number of hydrogen-bond donors (Lipinski definition) is 3. The average Bonchev–Trinajstić information content (AvgIpc) is 3.08. The SMILES string of the molecule is Cc1[nH]c(=O)[nH]c(=O)c1-c1cccc(C(=O)N2CCCC3(CCNC3)C2)c1. The maximum atomic E-state index is 13.1. The lowest BCUT2D eigenvalue weighted by atomic mass is 9.79. The number of aryl methyl sites for hydroxylation is 1. The molecule has 1 aromatic carbocycles. The number of benzene rings is 1. The maximum absolute atomic E-state index is 13.1. The number of hydrogen-bond acceptors (Lipinski definition) is 4. The van der Waals surface area contributed by atoms with Crippen LogP contribution < -0.4 is 16.6 Å². The molecule has 1 amide bonds. The second kappa shape index (κ2) is 6.81. The fourth-order valence-corrected chi connectivity index (χ4v) is 4.46. The standard InChI is InChI=1S/C20H24N4O3/c1-13-16(17(25)23-19(27)22-13)14-4-2-5-15(10-14)18(26)24-9-3-6-20(12-24)7-8-21-11-20/h2,4-5,10,21H,3,6-9,11-12H2,1H3,(H2,22,23,25,27). The summed E-state index contributed by atoms with van der Waals surface area (Å²) < 4.78 is 0. The average molecular weight is 368 g/mol. The Morgan fingerprint density at radius 2 is 2.04 bits per heavy atom. The van der Waals surface area contributed by atoms with Crippen molar-refractivity contribution in [3.05, 3.63) is 56.4 Å². The lowest BCUT2D eigenvalue weighted by Gasteiger charge is -2.40. The van der Waals surface area contributed by atoms with Crippen LogP contribution in [0.3, 0.4) is 0 Å². The zero-order chi connectivity index (χ0) is 19.0. The van der Waals surface area contributed by atoms with E-state index >= 15 is 0 Å².